The smallest absolute Gasteiger partial charge is 0.265 e. The van der Waals surface area contributed by atoms with Gasteiger partial charge >= 0.3 is 0 Å². The van der Waals surface area contributed by atoms with Crippen LogP contribution in [0.1, 0.15) is 93.0 Å². The molecule has 58 heavy (non-hydrogen) atoms. The summed E-state index contributed by atoms with van der Waals surface area (Å²) in [6, 6.07) is 14.0. The molecule has 1 aliphatic carbocycles. The molecule has 3 aromatic rings. The summed E-state index contributed by atoms with van der Waals surface area (Å²) in [6.07, 6.45) is 11.2. The number of likely N-dealkylation sites (N-methyl/N-ethyl adjacent to an activating group) is 1. The second kappa shape index (κ2) is 17.3. The van der Waals surface area contributed by atoms with Gasteiger partial charge in [-0.3, -0.25) is 29.9 Å². The predicted octanol–water partition coefficient (Wildman–Crippen LogP) is 4.48. The Morgan fingerprint density at radius 3 is 2.38 bits per heavy atom. The van der Waals surface area contributed by atoms with Gasteiger partial charge in [0, 0.05) is 63.0 Å². The largest absolute Gasteiger partial charge is 0.495 e. The zero-order valence-corrected chi connectivity index (χ0v) is 33.8. The van der Waals surface area contributed by atoms with E-state index in [0.717, 1.165) is 95.5 Å². The number of hydrogen-bond acceptors (Lipinski definition) is 12. The number of amides is 4. The van der Waals surface area contributed by atoms with Crippen molar-refractivity contribution in [3.05, 3.63) is 59.8 Å². The highest BCUT2D eigenvalue weighted by molar-refractivity contribution is 6.04. The normalized spacial score (nSPS) is 22.5. The number of aromatic nitrogens is 2. The molecule has 2 atom stereocenters. The lowest BCUT2D eigenvalue weighted by Crippen LogP contribution is -2.54. The standard InChI is InChI=1S/C43H56N10O5/c1-27-42(57)50(2)36-26-45-43(48-39(36)53(27)33-6-4-5-7-33)46-35-14-10-30(24-37(35)58-3)40(55)49-52-22-18-31(19-23-52)44-25-28-16-20-51(21-17-28)32-11-8-29(9-12-32)34-13-15-38(54)47-41(34)56/h8-12,14,24,26-28,31,33-34,44H,4-7,13,15-23,25H2,1-3H3,(H,49,55)(H,45,46,48)(H,47,54,56)/t27-,34?/m1/s1. The fraction of sp³-hybridized carbons (Fsp3) is 0.535. The predicted molar refractivity (Wildman–Crippen MR) is 222 cm³/mol. The number of carbonyl (C=O) groups excluding carboxylic acids is 4. The van der Waals surface area contributed by atoms with Crippen LogP contribution in [0.3, 0.4) is 0 Å². The summed E-state index contributed by atoms with van der Waals surface area (Å²) in [4.78, 5) is 65.9. The van der Waals surface area contributed by atoms with Crippen LogP contribution in [0.5, 0.6) is 5.75 Å². The van der Waals surface area contributed by atoms with Crippen LogP contribution in [-0.2, 0) is 14.4 Å². The van der Waals surface area contributed by atoms with Crippen LogP contribution < -0.4 is 40.8 Å². The summed E-state index contributed by atoms with van der Waals surface area (Å²) >= 11 is 0. The lowest BCUT2D eigenvalue weighted by molar-refractivity contribution is -0.134. The van der Waals surface area contributed by atoms with Crippen molar-refractivity contribution in [2.45, 2.75) is 95.2 Å². The average molecular weight is 793 g/mol. The fourth-order valence-electron chi connectivity index (χ4n) is 9.34. The van der Waals surface area contributed by atoms with E-state index < -0.39 is 0 Å². The van der Waals surface area contributed by atoms with Gasteiger partial charge in [-0.1, -0.05) is 25.0 Å². The third-order valence-corrected chi connectivity index (χ3v) is 12.9. The van der Waals surface area contributed by atoms with Crippen molar-refractivity contribution in [2.24, 2.45) is 5.92 Å². The Balaban J connectivity index is 0.786. The number of methoxy groups -OCH3 is 1. The van der Waals surface area contributed by atoms with Crippen molar-refractivity contribution >= 4 is 52.5 Å². The van der Waals surface area contributed by atoms with E-state index in [9.17, 15) is 19.2 Å². The van der Waals surface area contributed by atoms with Crippen molar-refractivity contribution < 1.29 is 23.9 Å². The topological polar surface area (TPSA) is 164 Å². The number of nitrogens with zero attached hydrogens (tertiary/aromatic N) is 6. The molecular formula is C43H56N10O5. The number of imide groups is 1. The highest BCUT2D eigenvalue weighted by Gasteiger charge is 2.40. The van der Waals surface area contributed by atoms with Crippen molar-refractivity contribution in [1.29, 1.82) is 0 Å². The number of piperidine rings is 3. The maximum absolute atomic E-state index is 13.4. The van der Waals surface area contributed by atoms with Gasteiger partial charge in [-0.2, -0.15) is 4.98 Å². The number of benzene rings is 2. The number of fused-ring (bicyclic) bond motifs is 1. The van der Waals surface area contributed by atoms with E-state index in [2.05, 4.69) is 48.3 Å². The molecule has 0 radical (unpaired) electrons. The molecule has 1 saturated carbocycles. The Hall–Kier alpha value is -5.28. The van der Waals surface area contributed by atoms with Gasteiger partial charge in [0.15, 0.2) is 5.82 Å². The first-order valence-corrected chi connectivity index (χ1v) is 21.0. The van der Waals surface area contributed by atoms with Crippen molar-refractivity contribution in [1.82, 2.24) is 31.0 Å². The third-order valence-electron chi connectivity index (χ3n) is 12.9. The molecule has 3 saturated heterocycles. The van der Waals surface area contributed by atoms with Gasteiger partial charge in [-0.15, -0.1) is 0 Å². The maximum atomic E-state index is 13.4. The molecular weight excluding hydrogens is 737 g/mol. The quantitative estimate of drug-likeness (QED) is 0.202. The first-order chi connectivity index (χ1) is 28.1. The Morgan fingerprint density at radius 1 is 0.931 bits per heavy atom. The Bertz CT molecular complexity index is 1990. The van der Waals surface area contributed by atoms with Crippen LogP contribution in [0.2, 0.25) is 0 Å². The molecule has 4 aliphatic heterocycles. The highest BCUT2D eigenvalue weighted by atomic mass is 16.5. The SMILES string of the molecule is COc1cc(C(=O)NN2CCC(NCC3CCN(c4ccc(C5CCC(=O)NC5=O)cc4)CC3)CC2)ccc1Nc1ncc2c(n1)N(C1CCCC1)[C@H](C)C(=O)N2C. The lowest BCUT2D eigenvalue weighted by atomic mass is 9.90. The van der Waals surface area contributed by atoms with E-state index in [1.165, 1.54) is 5.69 Å². The van der Waals surface area contributed by atoms with Crippen molar-refractivity contribution in [3.8, 4) is 5.75 Å². The van der Waals surface area contributed by atoms with E-state index in [1.807, 2.05) is 30.1 Å². The number of carbonyl (C=O) groups is 4. The summed E-state index contributed by atoms with van der Waals surface area (Å²) in [7, 11) is 3.35. The minimum absolute atomic E-state index is 0.0413. The van der Waals surface area contributed by atoms with E-state index in [-0.39, 0.29) is 41.6 Å². The van der Waals surface area contributed by atoms with Gasteiger partial charge in [0.1, 0.15) is 17.5 Å². The number of ether oxygens (including phenoxy) is 1. The molecule has 4 N–H and O–H groups in total. The molecule has 2 aromatic carbocycles. The molecule has 4 fully saturated rings. The molecule has 1 aromatic heterocycles. The number of anilines is 5. The molecule has 308 valence electrons. The van der Waals surface area contributed by atoms with Gasteiger partial charge in [0.05, 0.1) is 24.9 Å². The minimum Gasteiger partial charge on any atom is -0.495 e. The van der Waals surface area contributed by atoms with Gasteiger partial charge in [-0.05, 0) is 100 Å². The van der Waals surface area contributed by atoms with Crippen LogP contribution in [-0.4, -0.2) is 104 Å². The zero-order valence-electron chi connectivity index (χ0n) is 33.8. The summed E-state index contributed by atoms with van der Waals surface area (Å²) in [5.74, 6) is 1.48. The molecule has 5 aliphatic rings. The van der Waals surface area contributed by atoms with Gasteiger partial charge < -0.3 is 30.1 Å². The molecule has 4 amide bonds. The number of nitrogens with one attached hydrogen (secondary N) is 4. The average Bonchev–Trinajstić information content (AvgIpc) is 3.78. The molecule has 8 rings (SSSR count). The Kier molecular flexibility index (Phi) is 11.8. The van der Waals surface area contributed by atoms with E-state index in [0.29, 0.717) is 53.4 Å². The molecule has 15 nitrogen and oxygen atoms in total. The Morgan fingerprint density at radius 2 is 1.67 bits per heavy atom. The van der Waals surface area contributed by atoms with Gasteiger partial charge in [0.25, 0.3) is 5.91 Å². The maximum Gasteiger partial charge on any atom is 0.265 e. The van der Waals surface area contributed by atoms with E-state index >= 15 is 0 Å². The van der Waals surface area contributed by atoms with E-state index in [4.69, 9.17) is 9.72 Å². The molecule has 0 bridgehead atoms. The number of hydrazine groups is 1. The monoisotopic (exact) mass is 792 g/mol. The molecule has 0 spiro atoms. The van der Waals surface area contributed by atoms with Gasteiger partial charge in [0.2, 0.25) is 23.7 Å². The summed E-state index contributed by atoms with van der Waals surface area (Å²) in [6.45, 7) is 6.46. The van der Waals surface area contributed by atoms with Crippen LogP contribution in [0, 0.1) is 5.92 Å². The zero-order chi connectivity index (χ0) is 40.3. The second-order valence-corrected chi connectivity index (χ2v) is 16.5. The Labute approximate surface area is 340 Å². The van der Waals surface area contributed by atoms with Crippen LogP contribution in [0.4, 0.5) is 28.8 Å². The molecule has 5 heterocycles. The van der Waals surface area contributed by atoms with Crippen LogP contribution in [0.15, 0.2) is 48.7 Å². The summed E-state index contributed by atoms with van der Waals surface area (Å²) < 4.78 is 5.71. The van der Waals surface area contributed by atoms with Gasteiger partial charge in [-0.25, -0.2) is 9.99 Å². The third kappa shape index (κ3) is 8.46. The second-order valence-electron chi connectivity index (χ2n) is 16.5. The summed E-state index contributed by atoms with van der Waals surface area (Å²) in [5.41, 5.74) is 7.07. The van der Waals surface area contributed by atoms with Crippen LogP contribution in [0.25, 0.3) is 0 Å². The highest BCUT2D eigenvalue weighted by Crippen LogP contribution is 2.40. The van der Waals surface area contributed by atoms with Crippen molar-refractivity contribution in [3.63, 3.8) is 0 Å². The number of hydrogen-bond donors (Lipinski definition) is 4. The first kappa shape index (κ1) is 39.5. The van der Waals surface area contributed by atoms with Crippen molar-refractivity contribution in [2.75, 3.05) is 66.9 Å². The first-order valence-electron chi connectivity index (χ1n) is 21.0. The number of rotatable bonds is 11. The van der Waals surface area contributed by atoms with E-state index in [1.54, 1.807) is 37.4 Å². The van der Waals surface area contributed by atoms with Crippen LogP contribution >= 0.6 is 0 Å². The fourth-order valence-corrected chi connectivity index (χ4v) is 9.34. The minimum atomic E-state index is -0.305. The summed E-state index contributed by atoms with van der Waals surface area (Å²) in [5, 5.41) is 11.6. The molecule has 15 heteroatoms. The molecule has 1 unspecified atom stereocenters. The lowest BCUT2D eigenvalue weighted by Gasteiger charge is -2.42.